The molecule has 4 rings (SSSR count). The minimum absolute atomic E-state index is 0.0553. The molecule has 0 N–H and O–H groups in total. The third kappa shape index (κ3) is 3.95. The van der Waals surface area contributed by atoms with E-state index < -0.39 is 0 Å². The van der Waals surface area contributed by atoms with Crippen molar-refractivity contribution in [2.24, 2.45) is 0 Å². The molecule has 0 aliphatic rings. The van der Waals surface area contributed by atoms with Crippen LogP contribution in [0.2, 0.25) is 0 Å². The van der Waals surface area contributed by atoms with E-state index in [9.17, 15) is 9.18 Å². The molecular formula is C21H19FN4O2S2. The molecule has 0 bridgehead atoms. The fourth-order valence-corrected chi connectivity index (χ4v) is 4.84. The topological polar surface area (TPSA) is 73.8 Å². The van der Waals surface area contributed by atoms with Gasteiger partial charge >= 0.3 is 0 Å². The summed E-state index contributed by atoms with van der Waals surface area (Å²) in [4.78, 5) is 18.0. The molecule has 0 saturated heterocycles. The van der Waals surface area contributed by atoms with Crippen LogP contribution in [-0.2, 0) is 0 Å². The van der Waals surface area contributed by atoms with Crippen molar-refractivity contribution in [1.82, 2.24) is 19.7 Å². The van der Waals surface area contributed by atoms with Crippen molar-refractivity contribution >= 4 is 28.9 Å². The molecule has 0 aliphatic heterocycles. The number of nitrogens with zero attached hydrogens (tertiary/aromatic N) is 4. The summed E-state index contributed by atoms with van der Waals surface area (Å²) in [5.41, 5.74) is 3.76. The number of benzene rings is 1. The lowest BCUT2D eigenvalue weighted by Gasteiger charge is -2.09. The van der Waals surface area contributed by atoms with Gasteiger partial charge in [0, 0.05) is 22.6 Å². The zero-order valence-corrected chi connectivity index (χ0v) is 18.5. The second-order valence-electron chi connectivity index (χ2n) is 6.83. The van der Waals surface area contributed by atoms with Gasteiger partial charge in [-0.2, -0.15) is 0 Å². The number of ketones is 1. The van der Waals surface area contributed by atoms with Crippen molar-refractivity contribution in [2.75, 3.05) is 5.75 Å². The van der Waals surface area contributed by atoms with Crippen LogP contribution in [0.3, 0.4) is 0 Å². The van der Waals surface area contributed by atoms with Crippen LogP contribution in [0.4, 0.5) is 4.39 Å². The van der Waals surface area contributed by atoms with Crippen LogP contribution in [0.25, 0.3) is 16.5 Å². The monoisotopic (exact) mass is 442 g/mol. The highest BCUT2D eigenvalue weighted by molar-refractivity contribution is 7.99. The van der Waals surface area contributed by atoms with Crippen molar-refractivity contribution < 1.29 is 13.6 Å². The SMILES string of the molecule is Cc1nc(C)c(-c2nnc(SCC(=O)c3cc(C)n(-c4cccc(F)c4)c3C)o2)s1. The Balaban J connectivity index is 1.50. The van der Waals surface area contributed by atoms with Gasteiger partial charge in [-0.3, -0.25) is 4.79 Å². The average molecular weight is 443 g/mol. The zero-order valence-electron chi connectivity index (χ0n) is 16.9. The molecule has 1 aromatic carbocycles. The zero-order chi connectivity index (χ0) is 21.4. The van der Waals surface area contributed by atoms with Crippen LogP contribution in [0.1, 0.15) is 32.4 Å². The van der Waals surface area contributed by atoms with Gasteiger partial charge < -0.3 is 8.98 Å². The summed E-state index contributed by atoms with van der Waals surface area (Å²) in [7, 11) is 0. The highest BCUT2D eigenvalue weighted by Crippen LogP contribution is 2.31. The number of thioether (sulfide) groups is 1. The van der Waals surface area contributed by atoms with Gasteiger partial charge in [0.05, 0.1) is 16.5 Å². The minimum atomic E-state index is -0.318. The largest absolute Gasteiger partial charge is 0.410 e. The van der Waals surface area contributed by atoms with E-state index >= 15 is 0 Å². The summed E-state index contributed by atoms with van der Waals surface area (Å²) in [6.45, 7) is 7.57. The molecule has 0 radical (unpaired) electrons. The number of halogens is 1. The van der Waals surface area contributed by atoms with E-state index in [-0.39, 0.29) is 17.4 Å². The minimum Gasteiger partial charge on any atom is -0.410 e. The molecule has 3 aromatic heterocycles. The van der Waals surface area contributed by atoms with Gasteiger partial charge in [0.1, 0.15) is 10.7 Å². The third-order valence-electron chi connectivity index (χ3n) is 4.63. The maximum atomic E-state index is 13.6. The number of hydrogen-bond donors (Lipinski definition) is 0. The summed E-state index contributed by atoms with van der Waals surface area (Å²) >= 11 is 2.69. The highest BCUT2D eigenvalue weighted by atomic mass is 32.2. The molecular weight excluding hydrogens is 423 g/mol. The first kappa shape index (κ1) is 20.5. The smallest absolute Gasteiger partial charge is 0.277 e. The summed E-state index contributed by atoms with van der Waals surface area (Å²) < 4.78 is 21.2. The van der Waals surface area contributed by atoms with E-state index in [4.69, 9.17) is 4.42 Å². The van der Waals surface area contributed by atoms with Crippen LogP contribution in [0.5, 0.6) is 0 Å². The highest BCUT2D eigenvalue weighted by Gasteiger charge is 2.19. The molecule has 154 valence electrons. The van der Waals surface area contributed by atoms with E-state index in [2.05, 4.69) is 15.2 Å². The van der Waals surface area contributed by atoms with E-state index in [0.29, 0.717) is 22.4 Å². The van der Waals surface area contributed by atoms with Crippen molar-refractivity contribution in [3.05, 3.63) is 63.8 Å². The number of rotatable bonds is 6. The molecule has 0 spiro atoms. The van der Waals surface area contributed by atoms with Crippen LogP contribution >= 0.6 is 23.1 Å². The number of carbonyl (C=O) groups is 1. The molecule has 0 fully saturated rings. The van der Waals surface area contributed by atoms with Gasteiger partial charge in [-0.05, 0) is 52.0 Å². The molecule has 0 aliphatic carbocycles. The first-order valence-corrected chi connectivity index (χ1v) is 11.0. The Morgan fingerprint density at radius 1 is 1.20 bits per heavy atom. The second-order valence-corrected chi connectivity index (χ2v) is 8.96. The quantitative estimate of drug-likeness (QED) is 0.297. The lowest BCUT2D eigenvalue weighted by atomic mass is 10.2. The summed E-state index contributed by atoms with van der Waals surface area (Å²) in [5.74, 6) is 0.204. The summed E-state index contributed by atoms with van der Waals surface area (Å²) in [6.07, 6.45) is 0. The Hall–Kier alpha value is -2.78. The molecule has 3 heterocycles. The van der Waals surface area contributed by atoms with Gasteiger partial charge in [0.15, 0.2) is 5.78 Å². The number of hydrogen-bond acceptors (Lipinski definition) is 7. The number of aromatic nitrogens is 4. The predicted molar refractivity (Wildman–Crippen MR) is 115 cm³/mol. The van der Waals surface area contributed by atoms with E-state index in [0.717, 1.165) is 27.0 Å². The second kappa shape index (κ2) is 8.16. The lowest BCUT2D eigenvalue weighted by Crippen LogP contribution is -2.05. The number of aryl methyl sites for hydroxylation is 3. The first-order valence-electron chi connectivity index (χ1n) is 9.22. The van der Waals surface area contributed by atoms with Crippen molar-refractivity contribution in [1.29, 1.82) is 0 Å². The lowest BCUT2D eigenvalue weighted by molar-refractivity contribution is 0.102. The van der Waals surface area contributed by atoms with Crippen molar-refractivity contribution in [3.8, 4) is 16.5 Å². The predicted octanol–water partition coefficient (Wildman–Crippen LogP) is 5.33. The maximum absolute atomic E-state index is 13.6. The first-order chi connectivity index (χ1) is 14.3. The van der Waals surface area contributed by atoms with E-state index in [1.807, 2.05) is 44.4 Å². The van der Waals surface area contributed by atoms with Crippen molar-refractivity contribution in [3.63, 3.8) is 0 Å². The molecule has 0 unspecified atom stereocenters. The molecule has 6 nitrogen and oxygen atoms in total. The molecule has 9 heteroatoms. The van der Waals surface area contributed by atoms with E-state index in [1.165, 1.54) is 35.2 Å². The Bertz CT molecular complexity index is 1240. The van der Waals surface area contributed by atoms with Crippen LogP contribution < -0.4 is 0 Å². The Morgan fingerprint density at radius 2 is 2.00 bits per heavy atom. The molecule has 0 atom stereocenters. The average Bonchev–Trinajstić information content (AvgIpc) is 3.37. The van der Waals surface area contributed by atoms with Gasteiger partial charge in [-0.1, -0.05) is 17.8 Å². The van der Waals surface area contributed by atoms with Gasteiger partial charge in [0.2, 0.25) is 0 Å². The third-order valence-corrected chi connectivity index (χ3v) is 6.51. The van der Waals surface area contributed by atoms with Crippen LogP contribution in [0, 0.1) is 33.5 Å². The molecule has 30 heavy (non-hydrogen) atoms. The summed E-state index contributed by atoms with van der Waals surface area (Å²) in [6, 6.07) is 8.14. The molecule has 0 saturated carbocycles. The standard InChI is InChI=1S/C21H19FN4O2S2/c1-11-8-17(13(3)26(11)16-7-5-6-15(22)9-16)18(27)10-29-21-25-24-20(28-21)19-12(2)23-14(4)30-19/h5-9H,10H2,1-4H3. The normalized spacial score (nSPS) is 11.2. The van der Waals surface area contributed by atoms with Crippen LogP contribution in [0.15, 0.2) is 40.0 Å². The number of thiazole rings is 1. The molecule has 0 amide bonds. The van der Waals surface area contributed by atoms with Gasteiger partial charge in [0.25, 0.3) is 11.1 Å². The Labute approximate surface area is 181 Å². The van der Waals surface area contributed by atoms with Crippen LogP contribution in [-0.4, -0.2) is 31.3 Å². The fraction of sp³-hybridized carbons (Fsp3) is 0.238. The van der Waals surface area contributed by atoms with Crippen molar-refractivity contribution in [2.45, 2.75) is 32.9 Å². The van der Waals surface area contributed by atoms with Gasteiger partial charge in [-0.15, -0.1) is 21.5 Å². The fourth-order valence-electron chi connectivity index (χ4n) is 3.35. The Morgan fingerprint density at radius 3 is 2.70 bits per heavy atom. The Kier molecular flexibility index (Phi) is 5.57. The van der Waals surface area contributed by atoms with E-state index in [1.54, 1.807) is 6.07 Å². The maximum Gasteiger partial charge on any atom is 0.277 e. The molecule has 4 aromatic rings. The summed E-state index contributed by atoms with van der Waals surface area (Å²) in [5, 5.41) is 9.38. The van der Waals surface area contributed by atoms with Gasteiger partial charge in [-0.25, -0.2) is 9.37 Å². The number of carbonyl (C=O) groups excluding carboxylic acids is 1. The number of Topliss-reactive ketones (excluding diaryl/α,β-unsaturated/α-hetero) is 1.